The molecule has 0 aliphatic heterocycles. The van der Waals surface area contributed by atoms with Gasteiger partial charge in [0.15, 0.2) is 0 Å². The number of carboxylic acids is 1. The standard InChI is InChI=1S/C12H10BrNO2/c1-14-6-10(11(7-14)12(15)16)8-2-4-9(13)5-3-8/h2-7H,1H3,(H,15,16). The van der Waals surface area contributed by atoms with E-state index in [1.165, 1.54) is 0 Å². The summed E-state index contributed by atoms with van der Waals surface area (Å²) in [5.74, 6) is -0.904. The Morgan fingerprint density at radius 2 is 1.88 bits per heavy atom. The van der Waals surface area contributed by atoms with E-state index >= 15 is 0 Å². The lowest BCUT2D eigenvalue weighted by Gasteiger charge is -2.00. The van der Waals surface area contributed by atoms with Crippen molar-refractivity contribution in [3.8, 4) is 11.1 Å². The fourth-order valence-electron chi connectivity index (χ4n) is 1.61. The van der Waals surface area contributed by atoms with Crippen LogP contribution in [-0.2, 0) is 7.05 Å². The summed E-state index contributed by atoms with van der Waals surface area (Å²) in [6, 6.07) is 7.58. The van der Waals surface area contributed by atoms with Gasteiger partial charge in [0.2, 0.25) is 0 Å². The van der Waals surface area contributed by atoms with Gasteiger partial charge in [-0.15, -0.1) is 0 Å². The summed E-state index contributed by atoms with van der Waals surface area (Å²) < 4.78 is 2.73. The van der Waals surface area contributed by atoms with Gasteiger partial charge >= 0.3 is 5.97 Å². The van der Waals surface area contributed by atoms with E-state index in [4.69, 9.17) is 5.11 Å². The molecule has 0 fully saturated rings. The second-order valence-electron chi connectivity index (χ2n) is 3.56. The maximum absolute atomic E-state index is 11.1. The third kappa shape index (κ3) is 2.02. The van der Waals surface area contributed by atoms with E-state index in [-0.39, 0.29) is 0 Å². The normalized spacial score (nSPS) is 10.4. The first-order valence-electron chi connectivity index (χ1n) is 4.73. The van der Waals surface area contributed by atoms with Crippen LogP contribution < -0.4 is 0 Å². The molecule has 0 saturated heterocycles. The fourth-order valence-corrected chi connectivity index (χ4v) is 1.88. The average Bonchev–Trinajstić information content (AvgIpc) is 2.61. The van der Waals surface area contributed by atoms with E-state index in [0.717, 1.165) is 15.6 Å². The van der Waals surface area contributed by atoms with Crippen LogP contribution in [0.3, 0.4) is 0 Å². The number of benzene rings is 1. The Morgan fingerprint density at radius 3 is 2.44 bits per heavy atom. The first-order chi connectivity index (χ1) is 7.58. The zero-order valence-corrected chi connectivity index (χ0v) is 10.2. The summed E-state index contributed by atoms with van der Waals surface area (Å²) in [7, 11) is 1.81. The maximum Gasteiger partial charge on any atom is 0.337 e. The number of hydrogen-bond acceptors (Lipinski definition) is 1. The molecule has 1 N–H and O–H groups in total. The summed E-state index contributed by atoms with van der Waals surface area (Å²) in [6.07, 6.45) is 3.42. The largest absolute Gasteiger partial charge is 0.478 e. The van der Waals surface area contributed by atoms with Crippen molar-refractivity contribution in [1.82, 2.24) is 4.57 Å². The molecule has 0 saturated carbocycles. The fraction of sp³-hybridized carbons (Fsp3) is 0.0833. The number of aromatic carboxylic acids is 1. The third-order valence-corrected chi connectivity index (χ3v) is 2.87. The molecule has 0 radical (unpaired) electrons. The summed E-state index contributed by atoms with van der Waals surface area (Å²) in [5, 5.41) is 9.07. The summed E-state index contributed by atoms with van der Waals surface area (Å²) in [6.45, 7) is 0. The smallest absolute Gasteiger partial charge is 0.337 e. The Bertz CT molecular complexity index is 528. The highest BCUT2D eigenvalue weighted by molar-refractivity contribution is 9.10. The van der Waals surface area contributed by atoms with Crippen LogP contribution in [0.1, 0.15) is 10.4 Å². The van der Waals surface area contributed by atoms with Crippen molar-refractivity contribution in [3.63, 3.8) is 0 Å². The number of aryl methyl sites for hydroxylation is 1. The topological polar surface area (TPSA) is 42.2 Å². The summed E-state index contributed by atoms with van der Waals surface area (Å²) in [4.78, 5) is 11.1. The molecule has 0 amide bonds. The lowest BCUT2D eigenvalue weighted by molar-refractivity contribution is 0.0697. The van der Waals surface area contributed by atoms with Gasteiger partial charge in [-0.05, 0) is 17.7 Å². The summed E-state index contributed by atoms with van der Waals surface area (Å²) >= 11 is 3.35. The van der Waals surface area contributed by atoms with Crippen LogP contribution >= 0.6 is 15.9 Å². The molecule has 0 aliphatic carbocycles. The molecule has 0 unspecified atom stereocenters. The molecule has 0 aliphatic rings. The molecule has 3 nitrogen and oxygen atoms in total. The molecule has 2 aromatic rings. The predicted molar refractivity (Wildman–Crippen MR) is 65.5 cm³/mol. The molecular weight excluding hydrogens is 270 g/mol. The average molecular weight is 280 g/mol. The van der Waals surface area contributed by atoms with Gasteiger partial charge in [-0.25, -0.2) is 4.79 Å². The monoisotopic (exact) mass is 279 g/mol. The maximum atomic E-state index is 11.1. The van der Waals surface area contributed by atoms with Crippen LogP contribution in [-0.4, -0.2) is 15.6 Å². The first-order valence-corrected chi connectivity index (χ1v) is 5.52. The second kappa shape index (κ2) is 4.14. The minimum Gasteiger partial charge on any atom is -0.478 e. The van der Waals surface area contributed by atoms with Crippen molar-refractivity contribution in [2.24, 2.45) is 7.05 Å². The Kier molecular flexibility index (Phi) is 2.83. The predicted octanol–water partition coefficient (Wildman–Crippen LogP) is 3.15. The molecular formula is C12H10BrNO2. The highest BCUT2D eigenvalue weighted by Gasteiger charge is 2.13. The molecule has 0 atom stereocenters. The van der Waals surface area contributed by atoms with Gasteiger partial charge in [0, 0.05) is 29.5 Å². The van der Waals surface area contributed by atoms with Crippen molar-refractivity contribution in [2.45, 2.75) is 0 Å². The second-order valence-corrected chi connectivity index (χ2v) is 4.48. The van der Waals surface area contributed by atoms with Crippen molar-refractivity contribution < 1.29 is 9.90 Å². The van der Waals surface area contributed by atoms with E-state index in [2.05, 4.69) is 15.9 Å². The Morgan fingerprint density at radius 1 is 1.25 bits per heavy atom. The molecule has 1 heterocycles. The third-order valence-electron chi connectivity index (χ3n) is 2.34. The number of hydrogen-bond donors (Lipinski definition) is 1. The molecule has 1 aromatic carbocycles. The number of rotatable bonds is 2. The molecule has 1 aromatic heterocycles. The zero-order chi connectivity index (χ0) is 11.7. The van der Waals surface area contributed by atoms with Crippen LogP contribution in [0, 0.1) is 0 Å². The van der Waals surface area contributed by atoms with Gasteiger partial charge in [-0.1, -0.05) is 28.1 Å². The SMILES string of the molecule is Cn1cc(C(=O)O)c(-c2ccc(Br)cc2)c1. The summed E-state index contributed by atoms with van der Waals surface area (Å²) in [5.41, 5.74) is 1.97. The first kappa shape index (κ1) is 11.0. The molecule has 4 heteroatoms. The number of carboxylic acid groups (broad SMARTS) is 1. The Hall–Kier alpha value is -1.55. The van der Waals surface area contributed by atoms with Crippen LogP contribution in [0.25, 0.3) is 11.1 Å². The quantitative estimate of drug-likeness (QED) is 0.918. The highest BCUT2D eigenvalue weighted by atomic mass is 79.9. The van der Waals surface area contributed by atoms with Gasteiger partial charge in [-0.2, -0.15) is 0 Å². The van der Waals surface area contributed by atoms with Gasteiger partial charge in [0.1, 0.15) is 0 Å². The lowest BCUT2D eigenvalue weighted by Crippen LogP contribution is -1.96. The Labute approximate surface area is 101 Å². The van der Waals surface area contributed by atoms with E-state index in [1.54, 1.807) is 10.8 Å². The number of nitrogens with zero attached hydrogens (tertiary/aromatic N) is 1. The van der Waals surface area contributed by atoms with E-state index in [9.17, 15) is 4.79 Å². The van der Waals surface area contributed by atoms with Gasteiger partial charge in [0.05, 0.1) is 5.56 Å². The molecule has 2 rings (SSSR count). The van der Waals surface area contributed by atoms with Gasteiger partial charge in [-0.3, -0.25) is 0 Å². The minimum atomic E-state index is -0.904. The molecule has 0 spiro atoms. The van der Waals surface area contributed by atoms with Crippen LogP contribution in [0.4, 0.5) is 0 Å². The molecule has 82 valence electrons. The van der Waals surface area contributed by atoms with Crippen molar-refractivity contribution in [2.75, 3.05) is 0 Å². The van der Waals surface area contributed by atoms with E-state index in [1.807, 2.05) is 37.5 Å². The highest BCUT2D eigenvalue weighted by Crippen LogP contribution is 2.26. The molecule has 16 heavy (non-hydrogen) atoms. The number of aromatic nitrogens is 1. The van der Waals surface area contributed by atoms with Crippen LogP contribution in [0.5, 0.6) is 0 Å². The number of halogens is 1. The van der Waals surface area contributed by atoms with E-state index in [0.29, 0.717) is 5.56 Å². The van der Waals surface area contributed by atoms with Crippen LogP contribution in [0.2, 0.25) is 0 Å². The van der Waals surface area contributed by atoms with E-state index < -0.39 is 5.97 Å². The van der Waals surface area contributed by atoms with Crippen LogP contribution in [0.15, 0.2) is 41.1 Å². The van der Waals surface area contributed by atoms with Crippen molar-refractivity contribution in [3.05, 3.63) is 46.7 Å². The van der Waals surface area contributed by atoms with Crippen molar-refractivity contribution >= 4 is 21.9 Å². The number of carbonyl (C=O) groups is 1. The molecule has 0 bridgehead atoms. The zero-order valence-electron chi connectivity index (χ0n) is 8.64. The van der Waals surface area contributed by atoms with Gasteiger partial charge < -0.3 is 9.67 Å². The Balaban J connectivity index is 2.55. The lowest BCUT2D eigenvalue weighted by atomic mass is 10.1. The van der Waals surface area contributed by atoms with Gasteiger partial charge in [0.25, 0.3) is 0 Å². The van der Waals surface area contributed by atoms with Crippen molar-refractivity contribution in [1.29, 1.82) is 0 Å². The minimum absolute atomic E-state index is 0.324.